The highest BCUT2D eigenvalue weighted by atomic mass is 16.7. The molecule has 1 amide bonds. The van der Waals surface area contributed by atoms with Crippen LogP contribution in [0.1, 0.15) is 40.2 Å². The van der Waals surface area contributed by atoms with Gasteiger partial charge in [0, 0.05) is 40.9 Å². The van der Waals surface area contributed by atoms with E-state index in [0.29, 0.717) is 34.9 Å². The number of nitro groups is 1. The molecule has 4 atom stereocenters. The van der Waals surface area contributed by atoms with Gasteiger partial charge in [0.05, 0.1) is 10.8 Å². The number of ether oxygens (including phenoxy) is 2. The second kappa shape index (κ2) is 7.88. The summed E-state index contributed by atoms with van der Waals surface area (Å²) in [6, 6.07) is 19.0. The Bertz CT molecular complexity index is 1490. The lowest BCUT2D eigenvalue weighted by atomic mass is 9.68. The number of Topliss-reactive ketones (excluding diaryl/α,β-unsaturated/α-hetero) is 1. The van der Waals surface area contributed by atoms with Crippen molar-refractivity contribution in [2.24, 2.45) is 5.92 Å². The Hall–Kier alpha value is -4.24. The van der Waals surface area contributed by atoms with E-state index in [-0.39, 0.29) is 30.2 Å². The molecule has 2 saturated heterocycles. The first kappa shape index (κ1) is 22.0. The quantitative estimate of drug-likeness (QED) is 0.326. The Morgan fingerprint density at radius 1 is 1.05 bits per heavy atom. The van der Waals surface area contributed by atoms with Crippen LogP contribution in [0.2, 0.25) is 0 Å². The summed E-state index contributed by atoms with van der Waals surface area (Å²) in [6.45, 7) is 0.741. The molecule has 2 fully saturated rings. The monoisotopic (exact) mass is 497 g/mol. The molecule has 186 valence electrons. The van der Waals surface area contributed by atoms with E-state index in [1.807, 2.05) is 30.3 Å². The number of amides is 1. The zero-order valence-corrected chi connectivity index (χ0v) is 19.8. The third-order valence-electron chi connectivity index (χ3n) is 8.31. The van der Waals surface area contributed by atoms with Gasteiger partial charge in [-0.2, -0.15) is 0 Å². The molecule has 3 aromatic carbocycles. The number of rotatable bonds is 4. The molecule has 0 unspecified atom stereocenters. The van der Waals surface area contributed by atoms with Crippen LogP contribution in [0.15, 0.2) is 66.7 Å². The van der Waals surface area contributed by atoms with E-state index in [9.17, 15) is 19.7 Å². The van der Waals surface area contributed by atoms with Crippen molar-refractivity contribution in [2.75, 3.05) is 18.7 Å². The largest absolute Gasteiger partial charge is 0.454 e. The molecular formula is C28H23N3O6. The average molecular weight is 498 g/mol. The molecule has 4 heterocycles. The van der Waals surface area contributed by atoms with Crippen LogP contribution in [0.5, 0.6) is 11.5 Å². The van der Waals surface area contributed by atoms with Gasteiger partial charge in [0.15, 0.2) is 17.3 Å². The van der Waals surface area contributed by atoms with Crippen LogP contribution in [-0.4, -0.2) is 40.9 Å². The van der Waals surface area contributed by atoms with Crippen molar-refractivity contribution in [3.8, 4) is 11.5 Å². The predicted molar refractivity (Wildman–Crippen MR) is 133 cm³/mol. The lowest BCUT2D eigenvalue weighted by Crippen LogP contribution is -2.52. The number of nitrogens with one attached hydrogen (secondary N) is 1. The number of anilines is 1. The molecule has 9 nitrogen and oxygen atoms in total. The summed E-state index contributed by atoms with van der Waals surface area (Å²) in [5.41, 5.74) is 1.33. The van der Waals surface area contributed by atoms with E-state index in [2.05, 4.69) is 10.2 Å². The molecule has 0 aliphatic carbocycles. The molecular weight excluding hydrogens is 474 g/mol. The second-order valence-electron chi connectivity index (χ2n) is 9.96. The lowest BCUT2D eigenvalue weighted by Gasteiger charge is -2.36. The van der Waals surface area contributed by atoms with Crippen LogP contribution in [0, 0.1) is 16.0 Å². The molecule has 1 N–H and O–H groups in total. The molecule has 4 aliphatic heterocycles. The number of nitrogens with zero attached hydrogens (tertiary/aromatic N) is 2. The number of para-hydroxylation sites is 1. The zero-order chi connectivity index (χ0) is 25.3. The fourth-order valence-electron chi connectivity index (χ4n) is 6.97. The van der Waals surface area contributed by atoms with E-state index < -0.39 is 22.3 Å². The van der Waals surface area contributed by atoms with E-state index >= 15 is 0 Å². The molecule has 37 heavy (non-hydrogen) atoms. The van der Waals surface area contributed by atoms with Gasteiger partial charge in [0.1, 0.15) is 5.54 Å². The van der Waals surface area contributed by atoms with Crippen molar-refractivity contribution < 1.29 is 24.0 Å². The maximum Gasteiger partial charge on any atom is 0.269 e. The minimum Gasteiger partial charge on any atom is -0.454 e. The van der Waals surface area contributed by atoms with E-state index in [0.717, 1.165) is 18.4 Å². The maximum absolute atomic E-state index is 14.6. The summed E-state index contributed by atoms with van der Waals surface area (Å²) >= 11 is 0. The van der Waals surface area contributed by atoms with Crippen molar-refractivity contribution in [1.82, 2.24) is 4.90 Å². The Morgan fingerprint density at radius 2 is 1.89 bits per heavy atom. The normalized spacial score (nSPS) is 27.2. The third kappa shape index (κ3) is 2.94. The fourth-order valence-corrected chi connectivity index (χ4v) is 6.97. The SMILES string of the molecule is O=C(c1ccc2c(c1)OCO2)[C@H]1[C@@H](c2cccc([N+](=O)[O-])c2)[C@H]2CCCN2[C@@]12C(=O)Nc1ccccc12. The number of nitro benzene ring substituents is 1. The van der Waals surface area contributed by atoms with Crippen molar-refractivity contribution >= 4 is 23.1 Å². The number of carbonyl (C=O) groups excluding carboxylic acids is 2. The first-order chi connectivity index (χ1) is 18.0. The number of ketones is 1. The predicted octanol–water partition coefficient (Wildman–Crippen LogP) is 4.23. The summed E-state index contributed by atoms with van der Waals surface area (Å²) in [5, 5.41) is 14.7. The molecule has 7 rings (SSSR count). The highest BCUT2D eigenvalue weighted by molar-refractivity contribution is 6.12. The van der Waals surface area contributed by atoms with Gasteiger partial charge in [-0.05, 0) is 49.2 Å². The highest BCUT2D eigenvalue weighted by Crippen LogP contribution is 2.61. The topological polar surface area (TPSA) is 111 Å². The van der Waals surface area contributed by atoms with Crippen LogP contribution in [-0.2, 0) is 10.3 Å². The maximum atomic E-state index is 14.6. The smallest absolute Gasteiger partial charge is 0.269 e. The van der Waals surface area contributed by atoms with E-state index in [1.54, 1.807) is 30.3 Å². The van der Waals surface area contributed by atoms with E-state index in [1.165, 1.54) is 6.07 Å². The van der Waals surface area contributed by atoms with Gasteiger partial charge in [0.25, 0.3) is 5.69 Å². The summed E-state index contributed by atoms with van der Waals surface area (Å²) in [6.07, 6.45) is 1.66. The van der Waals surface area contributed by atoms with Crippen molar-refractivity contribution in [3.63, 3.8) is 0 Å². The third-order valence-corrected chi connectivity index (χ3v) is 8.31. The number of non-ortho nitro benzene ring substituents is 1. The zero-order valence-electron chi connectivity index (χ0n) is 19.8. The van der Waals surface area contributed by atoms with Gasteiger partial charge in [-0.25, -0.2) is 0 Å². The first-order valence-electron chi connectivity index (χ1n) is 12.4. The van der Waals surface area contributed by atoms with Crippen molar-refractivity contribution in [3.05, 3.63) is 93.5 Å². The molecule has 0 bridgehead atoms. The van der Waals surface area contributed by atoms with Gasteiger partial charge in [-0.3, -0.25) is 24.6 Å². The molecule has 1 spiro atoms. The first-order valence-corrected chi connectivity index (χ1v) is 12.4. The molecule has 0 radical (unpaired) electrons. The van der Waals surface area contributed by atoms with Crippen LogP contribution in [0.4, 0.5) is 11.4 Å². The molecule has 0 aromatic heterocycles. The molecule has 3 aromatic rings. The standard InChI is InChI=1S/C28H23N3O6/c32-26(17-10-11-22-23(14-17)37-15-36-22)25-24(16-5-3-6-18(13-16)31(34)35)21-9-4-12-30(21)28(25)19-7-1-2-8-20(19)29-27(28)33/h1-3,5-8,10-11,13-14,21,24-25H,4,9,12,15H2,(H,29,33)/t21-,24+,25-,28-/m1/s1. The van der Waals surface area contributed by atoms with Gasteiger partial charge in [-0.15, -0.1) is 0 Å². The minimum absolute atomic E-state index is 0.0338. The summed E-state index contributed by atoms with van der Waals surface area (Å²) in [4.78, 5) is 42.0. The molecule has 9 heteroatoms. The lowest BCUT2D eigenvalue weighted by molar-refractivity contribution is -0.384. The van der Waals surface area contributed by atoms with Gasteiger partial charge < -0.3 is 14.8 Å². The second-order valence-corrected chi connectivity index (χ2v) is 9.96. The minimum atomic E-state index is -1.22. The number of hydrogen-bond donors (Lipinski definition) is 1. The van der Waals surface area contributed by atoms with Crippen LogP contribution in [0.25, 0.3) is 0 Å². The number of carbonyl (C=O) groups is 2. The van der Waals surface area contributed by atoms with Crippen molar-refractivity contribution in [2.45, 2.75) is 30.3 Å². The Balaban J connectivity index is 1.46. The average Bonchev–Trinajstić information content (AvgIpc) is 3.67. The summed E-state index contributed by atoms with van der Waals surface area (Å²) in [5.74, 6) is -0.594. The highest BCUT2D eigenvalue weighted by Gasteiger charge is 2.69. The number of benzene rings is 3. The van der Waals surface area contributed by atoms with Crippen molar-refractivity contribution in [1.29, 1.82) is 0 Å². The number of hydrogen-bond acceptors (Lipinski definition) is 7. The van der Waals surface area contributed by atoms with Gasteiger partial charge in [-0.1, -0.05) is 30.3 Å². The van der Waals surface area contributed by atoms with Gasteiger partial charge >= 0.3 is 0 Å². The molecule has 4 aliphatic rings. The van der Waals surface area contributed by atoms with E-state index in [4.69, 9.17) is 9.47 Å². The van der Waals surface area contributed by atoms with Gasteiger partial charge in [0.2, 0.25) is 12.7 Å². The van der Waals surface area contributed by atoms with Crippen LogP contribution < -0.4 is 14.8 Å². The summed E-state index contributed by atoms with van der Waals surface area (Å²) in [7, 11) is 0. The Kier molecular flexibility index (Phi) is 4.68. The van der Waals surface area contributed by atoms with Crippen LogP contribution in [0.3, 0.4) is 0 Å². The fraction of sp³-hybridized carbons (Fsp3) is 0.286. The Labute approximate surface area is 212 Å². The number of fused-ring (bicyclic) bond motifs is 5. The Morgan fingerprint density at radius 3 is 2.76 bits per heavy atom. The molecule has 0 saturated carbocycles. The summed E-state index contributed by atoms with van der Waals surface area (Å²) < 4.78 is 11.0. The van der Waals surface area contributed by atoms with Crippen LogP contribution >= 0.6 is 0 Å².